The van der Waals surface area contributed by atoms with Gasteiger partial charge in [-0.05, 0) is 37.3 Å². The first kappa shape index (κ1) is 19.0. The number of hydrogen-bond donors (Lipinski definition) is 1. The Bertz CT molecular complexity index is 1200. The molecule has 1 aliphatic heterocycles. The van der Waals surface area contributed by atoms with Crippen LogP contribution in [0.15, 0.2) is 42.5 Å². The molecule has 4 rings (SSSR count). The van der Waals surface area contributed by atoms with Crippen LogP contribution < -0.4 is 5.32 Å². The Balaban J connectivity index is 1.80. The Morgan fingerprint density at radius 1 is 1.11 bits per heavy atom. The lowest BCUT2D eigenvalue weighted by Crippen LogP contribution is -2.17. The van der Waals surface area contributed by atoms with Gasteiger partial charge >= 0.3 is 0 Å². The number of aromatic nitrogens is 2. The fourth-order valence-corrected chi connectivity index (χ4v) is 4.96. The van der Waals surface area contributed by atoms with Crippen molar-refractivity contribution in [1.29, 1.82) is 0 Å². The van der Waals surface area contributed by atoms with E-state index in [1.807, 2.05) is 31.2 Å². The highest BCUT2D eigenvalue weighted by molar-refractivity contribution is 7.90. The summed E-state index contributed by atoms with van der Waals surface area (Å²) in [4.78, 5) is 12.8. The summed E-state index contributed by atoms with van der Waals surface area (Å²) >= 11 is 12.1. The summed E-state index contributed by atoms with van der Waals surface area (Å²) in [6.07, 6.45) is 0. The van der Waals surface area contributed by atoms with Gasteiger partial charge in [0.2, 0.25) is 0 Å². The Labute approximate surface area is 172 Å². The lowest BCUT2D eigenvalue weighted by Gasteiger charge is -2.12. The normalized spacial score (nSPS) is 14.7. The molecule has 144 valence electrons. The Morgan fingerprint density at radius 3 is 2.54 bits per heavy atom. The van der Waals surface area contributed by atoms with Gasteiger partial charge in [-0.15, -0.1) is 0 Å². The maximum absolute atomic E-state index is 12.8. The average Bonchev–Trinajstić information content (AvgIpc) is 3.10. The summed E-state index contributed by atoms with van der Waals surface area (Å²) in [5.41, 5.74) is 2.91. The third-order valence-corrected chi connectivity index (χ3v) is 6.48. The van der Waals surface area contributed by atoms with E-state index in [9.17, 15) is 13.2 Å². The summed E-state index contributed by atoms with van der Waals surface area (Å²) in [6, 6.07) is 12.1. The standard InChI is InChI=1S/C19H15Cl2N3O3S/c1-11-2-5-13(6-3-11)24-18(15-9-28(26,27)10-17(15)23-24)22-19(25)14-8-12(20)4-7-16(14)21/h2-8H,9-10H2,1H3,(H,22,25). The first-order valence-corrected chi connectivity index (χ1v) is 11.0. The van der Waals surface area contributed by atoms with Crippen LogP contribution in [-0.4, -0.2) is 24.1 Å². The number of benzene rings is 2. The molecule has 0 bridgehead atoms. The molecule has 0 radical (unpaired) electrons. The van der Waals surface area contributed by atoms with Crippen molar-refractivity contribution in [3.63, 3.8) is 0 Å². The number of nitrogens with zero attached hydrogens (tertiary/aromatic N) is 2. The van der Waals surface area contributed by atoms with Gasteiger partial charge in [0.15, 0.2) is 9.84 Å². The monoisotopic (exact) mass is 435 g/mol. The topological polar surface area (TPSA) is 81.1 Å². The van der Waals surface area contributed by atoms with Crippen molar-refractivity contribution in [1.82, 2.24) is 9.78 Å². The highest BCUT2D eigenvalue weighted by Crippen LogP contribution is 2.33. The minimum absolute atomic E-state index is 0.151. The molecular weight excluding hydrogens is 421 g/mol. The fraction of sp³-hybridized carbons (Fsp3) is 0.158. The number of hydrogen-bond acceptors (Lipinski definition) is 4. The van der Waals surface area contributed by atoms with Crippen LogP contribution in [0.1, 0.15) is 27.2 Å². The largest absolute Gasteiger partial charge is 0.306 e. The van der Waals surface area contributed by atoms with Crippen molar-refractivity contribution in [3.8, 4) is 5.69 Å². The molecule has 1 amide bonds. The number of aryl methyl sites for hydroxylation is 1. The maximum atomic E-state index is 12.8. The Hall–Kier alpha value is -2.35. The molecule has 2 heterocycles. The van der Waals surface area contributed by atoms with Crippen molar-refractivity contribution in [2.75, 3.05) is 5.32 Å². The van der Waals surface area contributed by atoms with Gasteiger partial charge in [0.05, 0.1) is 33.5 Å². The summed E-state index contributed by atoms with van der Waals surface area (Å²) in [7, 11) is -3.28. The zero-order valence-corrected chi connectivity index (χ0v) is 17.1. The van der Waals surface area contributed by atoms with E-state index >= 15 is 0 Å². The van der Waals surface area contributed by atoms with Crippen LogP contribution in [0, 0.1) is 6.92 Å². The van der Waals surface area contributed by atoms with Gasteiger partial charge in [0.25, 0.3) is 5.91 Å². The number of nitrogens with one attached hydrogen (secondary N) is 1. The second-order valence-electron chi connectivity index (χ2n) is 6.63. The average molecular weight is 436 g/mol. The molecule has 0 spiro atoms. The van der Waals surface area contributed by atoms with Crippen LogP contribution >= 0.6 is 23.2 Å². The van der Waals surface area contributed by atoms with E-state index in [0.717, 1.165) is 5.56 Å². The summed E-state index contributed by atoms with van der Waals surface area (Å²) in [5.74, 6) is -0.497. The van der Waals surface area contributed by atoms with E-state index in [0.29, 0.717) is 27.8 Å². The molecule has 1 aliphatic rings. The molecule has 1 N–H and O–H groups in total. The molecule has 1 aromatic heterocycles. The van der Waals surface area contributed by atoms with E-state index in [4.69, 9.17) is 23.2 Å². The first-order valence-electron chi connectivity index (χ1n) is 8.38. The lowest BCUT2D eigenvalue weighted by atomic mass is 10.2. The predicted octanol–water partition coefficient (Wildman–Crippen LogP) is 4.17. The van der Waals surface area contributed by atoms with Crippen LogP contribution in [0.2, 0.25) is 10.0 Å². The number of fused-ring (bicyclic) bond motifs is 1. The molecule has 0 atom stereocenters. The van der Waals surface area contributed by atoms with Crippen LogP contribution in [0.25, 0.3) is 5.69 Å². The molecule has 0 saturated heterocycles. The second-order valence-corrected chi connectivity index (χ2v) is 9.54. The van der Waals surface area contributed by atoms with Crippen molar-refractivity contribution in [3.05, 3.63) is 74.9 Å². The van der Waals surface area contributed by atoms with Crippen molar-refractivity contribution < 1.29 is 13.2 Å². The van der Waals surface area contributed by atoms with Crippen molar-refractivity contribution in [2.24, 2.45) is 0 Å². The molecule has 0 fully saturated rings. The summed E-state index contributed by atoms with van der Waals surface area (Å²) in [5, 5.41) is 7.83. The van der Waals surface area contributed by atoms with Gasteiger partial charge in [-0.25, -0.2) is 13.1 Å². The zero-order chi connectivity index (χ0) is 20.1. The van der Waals surface area contributed by atoms with Gasteiger partial charge in [0, 0.05) is 10.6 Å². The van der Waals surface area contributed by atoms with E-state index in [1.165, 1.54) is 12.1 Å². The van der Waals surface area contributed by atoms with Gasteiger partial charge in [-0.3, -0.25) is 4.79 Å². The maximum Gasteiger partial charge on any atom is 0.258 e. The fourth-order valence-electron chi connectivity index (χ4n) is 3.09. The summed E-state index contributed by atoms with van der Waals surface area (Å²) in [6.45, 7) is 1.96. The Morgan fingerprint density at radius 2 is 1.82 bits per heavy atom. The number of halogens is 2. The highest BCUT2D eigenvalue weighted by atomic mass is 35.5. The third-order valence-electron chi connectivity index (χ3n) is 4.47. The van der Waals surface area contributed by atoms with Gasteiger partial charge in [-0.1, -0.05) is 40.9 Å². The predicted molar refractivity (Wildman–Crippen MR) is 109 cm³/mol. The van der Waals surface area contributed by atoms with E-state index in [-0.39, 0.29) is 22.1 Å². The number of anilines is 1. The van der Waals surface area contributed by atoms with Crippen LogP contribution in [0.5, 0.6) is 0 Å². The molecule has 28 heavy (non-hydrogen) atoms. The molecular formula is C19H15Cl2N3O3S. The zero-order valence-electron chi connectivity index (χ0n) is 14.7. The lowest BCUT2D eigenvalue weighted by molar-refractivity contribution is 0.102. The molecule has 6 nitrogen and oxygen atoms in total. The molecule has 9 heteroatoms. The number of carbonyl (C=O) groups is 1. The van der Waals surface area contributed by atoms with E-state index in [2.05, 4.69) is 10.4 Å². The van der Waals surface area contributed by atoms with E-state index in [1.54, 1.807) is 10.7 Å². The molecule has 0 aliphatic carbocycles. The number of sulfone groups is 1. The van der Waals surface area contributed by atoms with E-state index < -0.39 is 15.7 Å². The first-order chi connectivity index (χ1) is 13.2. The molecule has 0 unspecified atom stereocenters. The smallest absolute Gasteiger partial charge is 0.258 e. The number of amides is 1. The number of carbonyl (C=O) groups excluding carboxylic acids is 1. The van der Waals surface area contributed by atoms with Crippen molar-refractivity contribution in [2.45, 2.75) is 18.4 Å². The minimum atomic E-state index is -3.28. The van der Waals surface area contributed by atoms with Crippen LogP contribution in [0.4, 0.5) is 5.82 Å². The molecule has 3 aromatic rings. The van der Waals surface area contributed by atoms with Crippen LogP contribution in [0.3, 0.4) is 0 Å². The summed E-state index contributed by atoms with van der Waals surface area (Å²) < 4.78 is 25.6. The van der Waals surface area contributed by atoms with Gasteiger partial charge in [0.1, 0.15) is 5.82 Å². The second kappa shape index (κ2) is 6.92. The van der Waals surface area contributed by atoms with Gasteiger partial charge in [-0.2, -0.15) is 5.10 Å². The quantitative estimate of drug-likeness (QED) is 0.669. The van der Waals surface area contributed by atoms with Gasteiger partial charge < -0.3 is 5.32 Å². The van der Waals surface area contributed by atoms with Crippen molar-refractivity contribution >= 4 is 44.8 Å². The van der Waals surface area contributed by atoms with Crippen LogP contribution in [-0.2, 0) is 21.3 Å². The Kier molecular flexibility index (Phi) is 4.69. The highest BCUT2D eigenvalue weighted by Gasteiger charge is 2.33. The third kappa shape index (κ3) is 3.53. The minimum Gasteiger partial charge on any atom is -0.306 e. The molecule has 2 aromatic carbocycles. The molecule has 0 saturated carbocycles. The SMILES string of the molecule is Cc1ccc(-n2nc3c(c2NC(=O)c2cc(Cl)ccc2Cl)CS(=O)(=O)C3)cc1. The number of rotatable bonds is 3.